The van der Waals surface area contributed by atoms with E-state index < -0.39 is 18.0 Å². The monoisotopic (exact) mass is 332 g/mol. The second-order valence-electron chi connectivity index (χ2n) is 6.14. The summed E-state index contributed by atoms with van der Waals surface area (Å²) >= 11 is 0. The minimum atomic E-state index is -0.889. The zero-order valence-electron chi connectivity index (χ0n) is 13.9. The largest absolute Gasteiger partial charge is 0.460 e. The van der Waals surface area contributed by atoms with Crippen molar-refractivity contribution < 1.29 is 28.2 Å². The Morgan fingerprint density at radius 2 is 2.08 bits per heavy atom. The Hall–Kier alpha value is -2.34. The fourth-order valence-electron chi connectivity index (χ4n) is 2.66. The molecule has 2 heterocycles. The predicted molar refractivity (Wildman–Crippen MR) is 85.5 cm³/mol. The van der Waals surface area contributed by atoms with Crippen LogP contribution in [0.25, 0.3) is 11.0 Å². The number of furan rings is 1. The van der Waals surface area contributed by atoms with Crippen molar-refractivity contribution in [1.29, 1.82) is 0 Å². The van der Waals surface area contributed by atoms with Crippen LogP contribution < -0.4 is 0 Å². The molecule has 6 heteroatoms. The maximum absolute atomic E-state index is 12.5. The van der Waals surface area contributed by atoms with E-state index in [1.54, 1.807) is 13.0 Å². The average Bonchev–Trinajstić information content (AvgIpc) is 3.05. The number of hydrogen-bond acceptors (Lipinski definition) is 6. The van der Waals surface area contributed by atoms with Gasteiger partial charge in [0.15, 0.2) is 0 Å². The Balaban J connectivity index is 1.88. The first kappa shape index (κ1) is 16.5. The summed E-state index contributed by atoms with van der Waals surface area (Å²) in [5.41, 5.74) is 1.21. The number of cyclic esters (lactones) is 1. The summed E-state index contributed by atoms with van der Waals surface area (Å²) in [6.45, 7) is 5.81. The first-order chi connectivity index (χ1) is 11.5. The molecule has 1 aromatic carbocycles. The maximum atomic E-state index is 12.5. The molecule has 0 unspecified atom stereocenters. The Labute approximate surface area is 139 Å². The van der Waals surface area contributed by atoms with Gasteiger partial charge in [0.05, 0.1) is 12.7 Å². The maximum Gasteiger partial charge on any atom is 0.375 e. The van der Waals surface area contributed by atoms with Crippen molar-refractivity contribution in [3.05, 3.63) is 35.6 Å². The van der Waals surface area contributed by atoms with E-state index in [1.807, 2.05) is 32.0 Å². The summed E-state index contributed by atoms with van der Waals surface area (Å²) in [5, 5.41) is 0.799. The molecule has 1 aromatic heterocycles. The second kappa shape index (κ2) is 6.65. The van der Waals surface area contributed by atoms with Crippen LogP contribution >= 0.6 is 0 Å². The molecular weight excluding hydrogens is 312 g/mol. The van der Waals surface area contributed by atoms with Crippen LogP contribution in [0.5, 0.6) is 0 Å². The number of fused-ring (bicyclic) bond motifs is 1. The molecule has 0 radical (unpaired) electrons. The minimum absolute atomic E-state index is 0.00759. The summed E-state index contributed by atoms with van der Waals surface area (Å²) < 4.78 is 21.6. The van der Waals surface area contributed by atoms with Gasteiger partial charge in [-0.15, -0.1) is 0 Å². The molecule has 24 heavy (non-hydrogen) atoms. The van der Waals surface area contributed by atoms with Gasteiger partial charge in [0, 0.05) is 17.4 Å². The van der Waals surface area contributed by atoms with Gasteiger partial charge in [0.1, 0.15) is 11.7 Å². The Bertz CT molecular complexity index is 760. The summed E-state index contributed by atoms with van der Waals surface area (Å²) in [5.74, 6) is -1.12. The highest BCUT2D eigenvalue weighted by atomic mass is 16.6. The summed E-state index contributed by atoms with van der Waals surface area (Å²) in [4.78, 5) is 24.2. The quantitative estimate of drug-likeness (QED) is 0.783. The van der Waals surface area contributed by atoms with Gasteiger partial charge in [-0.25, -0.2) is 9.59 Å². The van der Waals surface area contributed by atoms with Crippen LogP contribution in [0, 0.1) is 0 Å². The van der Waals surface area contributed by atoms with Crippen LogP contribution in [-0.2, 0) is 25.6 Å². The molecular formula is C18H20O6. The third-order valence-electron chi connectivity index (χ3n) is 3.82. The zero-order chi connectivity index (χ0) is 17.3. The number of benzene rings is 1. The van der Waals surface area contributed by atoms with Gasteiger partial charge in [-0.05, 0) is 26.8 Å². The summed E-state index contributed by atoms with van der Waals surface area (Å²) in [7, 11) is 0. The first-order valence-electron chi connectivity index (χ1n) is 7.99. The van der Waals surface area contributed by atoms with Gasteiger partial charge in [-0.3, -0.25) is 0 Å². The lowest BCUT2D eigenvalue weighted by Gasteiger charge is -2.10. The first-order valence-corrected chi connectivity index (χ1v) is 7.99. The van der Waals surface area contributed by atoms with E-state index in [2.05, 4.69) is 0 Å². The number of carbonyl (C=O) groups is 2. The molecule has 2 aromatic rings. The van der Waals surface area contributed by atoms with Crippen LogP contribution in [0.4, 0.5) is 0 Å². The highest BCUT2D eigenvalue weighted by Gasteiger charge is 2.36. The SMILES string of the molecule is CC(C)OCc1c(C(=O)O[C@@H]2C[C@H](C)OC2=O)oc2ccccc12. The summed E-state index contributed by atoms with van der Waals surface area (Å²) in [6.07, 6.45) is -0.787. The van der Waals surface area contributed by atoms with Gasteiger partial charge < -0.3 is 18.6 Å². The van der Waals surface area contributed by atoms with E-state index in [1.165, 1.54) is 0 Å². The van der Waals surface area contributed by atoms with Crippen molar-refractivity contribution in [3.63, 3.8) is 0 Å². The molecule has 0 N–H and O–H groups in total. The fraction of sp³-hybridized carbons (Fsp3) is 0.444. The number of carbonyl (C=O) groups excluding carboxylic acids is 2. The van der Waals surface area contributed by atoms with Crippen molar-refractivity contribution in [2.24, 2.45) is 0 Å². The van der Waals surface area contributed by atoms with Gasteiger partial charge in [-0.1, -0.05) is 18.2 Å². The average molecular weight is 332 g/mol. The summed E-state index contributed by atoms with van der Waals surface area (Å²) in [6, 6.07) is 7.32. The predicted octanol–water partition coefficient (Wildman–Crippen LogP) is 3.22. The van der Waals surface area contributed by atoms with Gasteiger partial charge in [0.25, 0.3) is 0 Å². The number of para-hydroxylation sites is 1. The van der Waals surface area contributed by atoms with E-state index in [9.17, 15) is 9.59 Å². The molecule has 128 valence electrons. The minimum Gasteiger partial charge on any atom is -0.460 e. The Morgan fingerprint density at radius 1 is 1.33 bits per heavy atom. The molecule has 0 bridgehead atoms. The van der Waals surface area contributed by atoms with E-state index in [0.29, 0.717) is 17.6 Å². The van der Waals surface area contributed by atoms with Crippen molar-refractivity contribution in [1.82, 2.24) is 0 Å². The molecule has 0 saturated carbocycles. The van der Waals surface area contributed by atoms with Crippen molar-refractivity contribution in [2.45, 2.75) is 52.1 Å². The third-order valence-corrected chi connectivity index (χ3v) is 3.82. The third kappa shape index (κ3) is 3.28. The zero-order valence-corrected chi connectivity index (χ0v) is 13.9. The molecule has 1 aliphatic rings. The van der Waals surface area contributed by atoms with Gasteiger partial charge in [0.2, 0.25) is 11.9 Å². The number of ether oxygens (including phenoxy) is 3. The topological polar surface area (TPSA) is 75.0 Å². The highest BCUT2D eigenvalue weighted by Crippen LogP contribution is 2.29. The lowest BCUT2D eigenvalue weighted by atomic mass is 10.1. The fourth-order valence-corrected chi connectivity index (χ4v) is 2.66. The van der Waals surface area contributed by atoms with Crippen LogP contribution in [-0.4, -0.2) is 30.3 Å². The number of hydrogen-bond donors (Lipinski definition) is 0. The van der Waals surface area contributed by atoms with Crippen molar-refractivity contribution in [2.75, 3.05) is 0 Å². The van der Waals surface area contributed by atoms with Crippen LogP contribution in [0.1, 0.15) is 43.3 Å². The molecule has 2 atom stereocenters. The highest BCUT2D eigenvalue weighted by molar-refractivity contribution is 5.97. The van der Waals surface area contributed by atoms with Crippen LogP contribution in [0.2, 0.25) is 0 Å². The smallest absolute Gasteiger partial charge is 0.375 e. The normalized spacial score (nSPS) is 20.6. The second-order valence-corrected chi connectivity index (χ2v) is 6.14. The van der Waals surface area contributed by atoms with E-state index >= 15 is 0 Å². The van der Waals surface area contributed by atoms with Crippen molar-refractivity contribution in [3.8, 4) is 0 Å². The molecule has 1 fully saturated rings. The molecule has 6 nitrogen and oxygen atoms in total. The standard InChI is InChI=1S/C18H20O6/c1-10(2)21-9-13-12-6-4-5-7-14(12)23-16(13)18(20)24-15-8-11(3)22-17(15)19/h4-7,10-11,15H,8-9H2,1-3H3/t11-,15+/m0/s1. The Kier molecular flexibility index (Phi) is 4.57. The van der Waals surface area contributed by atoms with E-state index in [4.69, 9.17) is 18.6 Å². The molecule has 0 spiro atoms. The molecule has 1 aliphatic heterocycles. The number of esters is 2. The van der Waals surface area contributed by atoms with Crippen molar-refractivity contribution >= 4 is 22.9 Å². The lowest BCUT2D eigenvalue weighted by Crippen LogP contribution is -2.23. The van der Waals surface area contributed by atoms with Gasteiger partial charge >= 0.3 is 11.9 Å². The van der Waals surface area contributed by atoms with E-state index in [0.717, 1.165) is 5.39 Å². The van der Waals surface area contributed by atoms with E-state index in [-0.39, 0.29) is 24.6 Å². The van der Waals surface area contributed by atoms with Crippen LogP contribution in [0.3, 0.4) is 0 Å². The molecule has 0 aliphatic carbocycles. The van der Waals surface area contributed by atoms with Crippen LogP contribution in [0.15, 0.2) is 28.7 Å². The molecule has 1 saturated heterocycles. The molecule has 3 rings (SSSR count). The lowest BCUT2D eigenvalue weighted by molar-refractivity contribution is -0.147. The number of rotatable bonds is 5. The Morgan fingerprint density at radius 3 is 2.75 bits per heavy atom. The molecule has 0 amide bonds. The van der Waals surface area contributed by atoms with Gasteiger partial charge in [-0.2, -0.15) is 0 Å².